The summed E-state index contributed by atoms with van der Waals surface area (Å²) >= 11 is 1.61. The lowest BCUT2D eigenvalue weighted by molar-refractivity contribution is 0.680. The van der Waals surface area contributed by atoms with E-state index in [1.54, 1.807) is 11.3 Å². The second-order valence-corrected chi connectivity index (χ2v) is 6.91. The van der Waals surface area contributed by atoms with Crippen LogP contribution in [0, 0.1) is 11.3 Å². The van der Waals surface area contributed by atoms with Gasteiger partial charge in [0.1, 0.15) is 11.9 Å². The van der Waals surface area contributed by atoms with E-state index in [4.69, 9.17) is 0 Å². The lowest BCUT2D eigenvalue weighted by Crippen LogP contribution is -2.40. The highest BCUT2D eigenvalue weighted by Crippen LogP contribution is 2.27. The largest absolute Gasteiger partial charge is 0.369 e. The fraction of sp³-hybridized carbons (Fsp3) is 0.294. The van der Waals surface area contributed by atoms with Crippen molar-refractivity contribution in [3.05, 3.63) is 55.7 Å². The van der Waals surface area contributed by atoms with Crippen molar-refractivity contribution in [3.8, 4) is 6.07 Å². The van der Waals surface area contributed by atoms with Crippen molar-refractivity contribution in [2.75, 3.05) is 11.9 Å². The van der Waals surface area contributed by atoms with E-state index >= 15 is 0 Å². The van der Waals surface area contributed by atoms with E-state index < -0.39 is 11.2 Å². The van der Waals surface area contributed by atoms with Gasteiger partial charge in [-0.15, -0.1) is 11.3 Å². The molecule has 0 unspecified atom stereocenters. The van der Waals surface area contributed by atoms with Gasteiger partial charge < -0.3 is 5.32 Å². The van der Waals surface area contributed by atoms with Crippen molar-refractivity contribution in [2.24, 2.45) is 14.1 Å². The standard InChI is InChI=1S/C17H17N5O2S/c1-10(15-20-12-6-4-5-7-13(12)25-15)9-19-14-11(8-18)16(23)22(3)17(24)21(14)2/h4-7,10,19H,9H2,1-3H3/t10-/m0/s1. The molecule has 128 valence electrons. The Bertz CT molecular complexity index is 1070. The van der Waals surface area contributed by atoms with Gasteiger partial charge in [-0.3, -0.25) is 13.9 Å². The van der Waals surface area contributed by atoms with Gasteiger partial charge in [0, 0.05) is 26.6 Å². The molecule has 1 N–H and O–H groups in total. The Morgan fingerprint density at radius 2 is 2.00 bits per heavy atom. The minimum atomic E-state index is -0.597. The first-order valence-electron chi connectivity index (χ1n) is 7.73. The molecule has 2 heterocycles. The van der Waals surface area contributed by atoms with Crippen LogP contribution in [0.4, 0.5) is 5.82 Å². The van der Waals surface area contributed by atoms with E-state index in [2.05, 4.69) is 10.3 Å². The number of rotatable bonds is 4. The molecule has 0 bridgehead atoms. The minimum Gasteiger partial charge on any atom is -0.369 e. The molecule has 0 saturated carbocycles. The SMILES string of the molecule is C[C@@H](CNc1c(C#N)c(=O)n(C)c(=O)n1C)c1nc2ccccc2s1. The van der Waals surface area contributed by atoms with Crippen LogP contribution in [0.5, 0.6) is 0 Å². The van der Waals surface area contributed by atoms with Crippen LogP contribution in [0.25, 0.3) is 10.2 Å². The van der Waals surface area contributed by atoms with Crippen molar-refractivity contribution < 1.29 is 0 Å². The average Bonchev–Trinajstić information content (AvgIpc) is 3.05. The van der Waals surface area contributed by atoms with Crippen molar-refractivity contribution in [2.45, 2.75) is 12.8 Å². The first kappa shape index (κ1) is 16.9. The molecule has 2 aromatic heterocycles. The molecule has 0 saturated heterocycles. The van der Waals surface area contributed by atoms with Crippen LogP contribution in [0.2, 0.25) is 0 Å². The Hall–Kier alpha value is -2.92. The molecule has 0 spiro atoms. The fourth-order valence-corrected chi connectivity index (χ4v) is 3.61. The number of benzene rings is 1. The lowest BCUT2D eigenvalue weighted by Gasteiger charge is -2.15. The van der Waals surface area contributed by atoms with Gasteiger partial charge in [-0.05, 0) is 12.1 Å². The number of hydrogen-bond acceptors (Lipinski definition) is 6. The molecule has 0 aliphatic heterocycles. The first-order valence-corrected chi connectivity index (χ1v) is 8.55. The monoisotopic (exact) mass is 355 g/mol. The van der Waals surface area contributed by atoms with E-state index in [0.717, 1.165) is 19.8 Å². The second kappa shape index (κ2) is 6.53. The molecule has 1 aromatic carbocycles. The van der Waals surface area contributed by atoms with E-state index in [1.807, 2.05) is 37.3 Å². The summed E-state index contributed by atoms with van der Waals surface area (Å²) in [7, 11) is 2.90. The fourth-order valence-electron chi connectivity index (χ4n) is 2.59. The third kappa shape index (κ3) is 2.94. The van der Waals surface area contributed by atoms with Crippen molar-refractivity contribution in [1.82, 2.24) is 14.1 Å². The predicted octanol–water partition coefficient (Wildman–Crippen LogP) is 1.78. The van der Waals surface area contributed by atoms with Crippen LogP contribution >= 0.6 is 11.3 Å². The number of anilines is 1. The average molecular weight is 355 g/mol. The molecule has 8 heteroatoms. The lowest BCUT2D eigenvalue weighted by atomic mass is 10.2. The number of nitrogens with one attached hydrogen (secondary N) is 1. The summed E-state index contributed by atoms with van der Waals surface area (Å²) in [6.07, 6.45) is 0. The number of para-hydroxylation sites is 1. The van der Waals surface area contributed by atoms with Gasteiger partial charge in [0.25, 0.3) is 5.56 Å². The van der Waals surface area contributed by atoms with E-state index in [1.165, 1.54) is 18.7 Å². The molecule has 0 amide bonds. The topological polar surface area (TPSA) is 92.7 Å². The van der Waals surface area contributed by atoms with Crippen LogP contribution in [0.3, 0.4) is 0 Å². The zero-order valence-electron chi connectivity index (χ0n) is 14.1. The third-order valence-corrected chi connectivity index (χ3v) is 5.35. The van der Waals surface area contributed by atoms with Gasteiger partial charge in [-0.2, -0.15) is 5.26 Å². The summed E-state index contributed by atoms with van der Waals surface area (Å²) in [6, 6.07) is 9.80. The maximum Gasteiger partial charge on any atom is 0.332 e. The Balaban J connectivity index is 1.90. The molecular formula is C17H17N5O2S. The van der Waals surface area contributed by atoms with Crippen LogP contribution < -0.4 is 16.6 Å². The molecule has 0 fully saturated rings. The third-order valence-electron chi connectivity index (χ3n) is 4.08. The summed E-state index contributed by atoms with van der Waals surface area (Å²) in [5.41, 5.74) is -0.186. The van der Waals surface area contributed by atoms with Gasteiger partial charge in [0.05, 0.1) is 15.2 Å². The predicted molar refractivity (Wildman–Crippen MR) is 98.2 cm³/mol. The summed E-state index contributed by atoms with van der Waals surface area (Å²) < 4.78 is 3.33. The highest BCUT2D eigenvalue weighted by Gasteiger charge is 2.17. The summed E-state index contributed by atoms with van der Waals surface area (Å²) in [5.74, 6) is 0.298. The van der Waals surface area contributed by atoms with Gasteiger partial charge in [0.15, 0.2) is 5.56 Å². The molecule has 0 aliphatic rings. The normalized spacial score (nSPS) is 12.1. The molecule has 0 radical (unpaired) electrons. The second-order valence-electron chi connectivity index (χ2n) is 5.84. The molecule has 1 atom stereocenters. The van der Waals surface area contributed by atoms with Gasteiger partial charge in [-0.1, -0.05) is 19.1 Å². The molecule has 25 heavy (non-hydrogen) atoms. The highest BCUT2D eigenvalue weighted by molar-refractivity contribution is 7.18. The maximum absolute atomic E-state index is 12.1. The summed E-state index contributed by atoms with van der Waals surface area (Å²) in [4.78, 5) is 28.8. The smallest absolute Gasteiger partial charge is 0.332 e. The Morgan fingerprint density at radius 1 is 1.28 bits per heavy atom. The number of nitriles is 1. The van der Waals surface area contributed by atoms with E-state index in [9.17, 15) is 14.9 Å². The number of hydrogen-bond donors (Lipinski definition) is 1. The van der Waals surface area contributed by atoms with Crippen LogP contribution in [-0.4, -0.2) is 20.7 Å². The Kier molecular flexibility index (Phi) is 4.42. The number of thiazole rings is 1. The number of nitrogens with zero attached hydrogens (tertiary/aromatic N) is 4. The van der Waals surface area contributed by atoms with E-state index in [-0.39, 0.29) is 17.3 Å². The number of fused-ring (bicyclic) bond motifs is 1. The molecule has 3 rings (SSSR count). The molecule has 0 aliphatic carbocycles. The zero-order chi connectivity index (χ0) is 18.1. The number of aromatic nitrogens is 3. The van der Waals surface area contributed by atoms with Gasteiger partial charge in [0.2, 0.25) is 0 Å². The van der Waals surface area contributed by atoms with Crippen molar-refractivity contribution >= 4 is 27.4 Å². The van der Waals surface area contributed by atoms with Gasteiger partial charge in [-0.25, -0.2) is 9.78 Å². The minimum absolute atomic E-state index is 0.0584. The highest BCUT2D eigenvalue weighted by atomic mass is 32.1. The van der Waals surface area contributed by atoms with Gasteiger partial charge >= 0.3 is 5.69 Å². The van der Waals surface area contributed by atoms with Crippen LogP contribution in [0.15, 0.2) is 33.9 Å². The van der Waals surface area contributed by atoms with Crippen molar-refractivity contribution in [3.63, 3.8) is 0 Å². The zero-order valence-corrected chi connectivity index (χ0v) is 14.9. The quantitative estimate of drug-likeness (QED) is 0.770. The van der Waals surface area contributed by atoms with Crippen molar-refractivity contribution in [1.29, 1.82) is 5.26 Å². The van der Waals surface area contributed by atoms with Crippen LogP contribution in [0.1, 0.15) is 23.4 Å². The summed E-state index contributed by atoms with van der Waals surface area (Å²) in [6.45, 7) is 2.46. The molecule has 7 nitrogen and oxygen atoms in total. The maximum atomic E-state index is 12.1. The van der Waals surface area contributed by atoms with E-state index in [0.29, 0.717) is 6.54 Å². The molecular weight excluding hydrogens is 338 g/mol. The Morgan fingerprint density at radius 3 is 2.68 bits per heavy atom. The summed E-state index contributed by atoms with van der Waals surface area (Å²) in [5, 5.41) is 13.3. The molecule has 3 aromatic rings. The first-order chi connectivity index (χ1) is 11.9. The van der Waals surface area contributed by atoms with Crippen LogP contribution in [-0.2, 0) is 14.1 Å². The Labute approximate surface area is 147 Å².